The summed E-state index contributed by atoms with van der Waals surface area (Å²) in [5.41, 5.74) is 1.98. The Morgan fingerprint density at radius 2 is 2.23 bits per heavy atom. The third kappa shape index (κ3) is 2.94. The number of hydrogen-bond acceptors (Lipinski definition) is 5. The van der Waals surface area contributed by atoms with Gasteiger partial charge in [0.25, 0.3) is 5.91 Å². The molecule has 0 bridgehead atoms. The van der Waals surface area contributed by atoms with Gasteiger partial charge >= 0.3 is 0 Å². The summed E-state index contributed by atoms with van der Waals surface area (Å²) in [6.45, 7) is 5.83. The molecule has 0 radical (unpaired) electrons. The van der Waals surface area contributed by atoms with E-state index in [2.05, 4.69) is 32.9 Å². The van der Waals surface area contributed by atoms with Crippen LogP contribution < -0.4 is 10.6 Å². The second-order valence-electron chi connectivity index (χ2n) is 6.86. The number of piperidine rings is 1. The van der Waals surface area contributed by atoms with Gasteiger partial charge in [0.1, 0.15) is 0 Å². The molecule has 1 saturated heterocycles. The van der Waals surface area contributed by atoms with E-state index >= 15 is 0 Å². The zero-order valence-corrected chi connectivity index (χ0v) is 14.9. The van der Waals surface area contributed by atoms with Crippen molar-refractivity contribution < 1.29 is 4.79 Å². The van der Waals surface area contributed by atoms with Gasteiger partial charge in [0.05, 0.1) is 11.4 Å². The number of aromatic nitrogens is 4. The average Bonchev–Trinajstić information content (AvgIpc) is 3.04. The van der Waals surface area contributed by atoms with Crippen LogP contribution in [0.1, 0.15) is 29.5 Å². The highest BCUT2D eigenvalue weighted by molar-refractivity contribution is 5.94. The van der Waals surface area contributed by atoms with Gasteiger partial charge in [-0.1, -0.05) is 24.3 Å². The molecule has 7 heteroatoms. The lowest BCUT2D eigenvalue weighted by molar-refractivity contribution is 0.0909. The average molecular weight is 350 g/mol. The van der Waals surface area contributed by atoms with Crippen molar-refractivity contribution in [3.63, 3.8) is 0 Å². The molecule has 4 rings (SSSR count). The summed E-state index contributed by atoms with van der Waals surface area (Å²) in [4.78, 5) is 16.9. The maximum atomic E-state index is 12.7. The maximum Gasteiger partial charge on any atom is 0.274 e. The van der Waals surface area contributed by atoms with Crippen LogP contribution in [0, 0.1) is 12.8 Å². The lowest BCUT2D eigenvalue weighted by Crippen LogP contribution is -2.50. The maximum absolute atomic E-state index is 12.7. The Morgan fingerprint density at radius 3 is 3.08 bits per heavy atom. The van der Waals surface area contributed by atoms with Gasteiger partial charge in [-0.05, 0) is 37.9 Å². The predicted molar refractivity (Wildman–Crippen MR) is 99.3 cm³/mol. The molecule has 134 valence electrons. The number of pyridine rings is 1. The Hall–Kier alpha value is -2.80. The van der Waals surface area contributed by atoms with Crippen LogP contribution in [-0.4, -0.2) is 45.0 Å². The smallest absolute Gasteiger partial charge is 0.274 e. The summed E-state index contributed by atoms with van der Waals surface area (Å²) < 4.78 is 1.72. The topological polar surface area (TPSA) is 84.7 Å². The number of fused-ring (bicyclic) bond motifs is 1. The molecule has 1 amide bonds. The molecule has 2 unspecified atom stereocenters. The molecule has 2 aromatic heterocycles. The zero-order valence-electron chi connectivity index (χ0n) is 14.9. The lowest BCUT2D eigenvalue weighted by atomic mass is 9.95. The van der Waals surface area contributed by atoms with Crippen molar-refractivity contribution in [2.45, 2.75) is 26.3 Å². The fourth-order valence-corrected chi connectivity index (χ4v) is 3.48. The second-order valence-corrected chi connectivity index (χ2v) is 6.86. The van der Waals surface area contributed by atoms with Crippen molar-refractivity contribution in [3.05, 3.63) is 48.0 Å². The van der Waals surface area contributed by atoms with Crippen molar-refractivity contribution in [1.29, 1.82) is 0 Å². The van der Waals surface area contributed by atoms with Gasteiger partial charge in [-0.15, -0.1) is 5.10 Å². The normalized spacial score (nSPS) is 20.2. The first-order chi connectivity index (χ1) is 12.6. The Bertz CT molecular complexity index is 945. The van der Waals surface area contributed by atoms with E-state index < -0.39 is 0 Å². The number of carbonyl (C=O) groups is 1. The van der Waals surface area contributed by atoms with Crippen molar-refractivity contribution in [2.75, 3.05) is 13.1 Å². The first kappa shape index (κ1) is 16.7. The molecular weight excluding hydrogens is 328 g/mol. The first-order valence-electron chi connectivity index (χ1n) is 8.92. The lowest BCUT2D eigenvalue weighted by Gasteiger charge is -2.29. The van der Waals surface area contributed by atoms with E-state index in [1.807, 2.05) is 37.4 Å². The van der Waals surface area contributed by atoms with Crippen LogP contribution in [0.25, 0.3) is 16.5 Å². The van der Waals surface area contributed by atoms with E-state index in [9.17, 15) is 4.79 Å². The molecule has 1 fully saturated rings. The monoisotopic (exact) mass is 350 g/mol. The highest BCUT2D eigenvalue weighted by Gasteiger charge is 2.25. The van der Waals surface area contributed by atoms with Gasteiger partial charge < -0.3 is 10.6 Å². The van der Waals surface area contributed by atoms with Crippen LogP contribution in [-0.2, 0) is 0 Å². The van der Waals surface area contributed by atoms with Gasteiger partial charge in [0.2, 0.25) is 0 Å². The molecule has 1 aliphatic heterocycles. The van der Waals surface area contributed by atoms with E-state index in [0.717, 1.165) is 41.7 Å². The van der Waals surface area contributed by atoms with Crippen LogP contribution in [0.15, 0.2) is 36.7 Å². The van der Waals surface area contributed by atoms with E-state index in [1.54, 1.807) is 10.9 Å². The van der Waals surface area contributed by atoms with Crippen LogP contribution in [0.3, 0.4) is 0 Å². The largest absolute Gasteiger partial charge is 0.346 e. The summed E-state index contributed by atoms with van der Waals surface area (Å²) >= 11 is 0. The van der Waals surface area contributed by atoms with E-state index in [4.69, 9.17) is 0 Å². The fraction of sp³-hybridized carbons (Fsp3) is 0.368. The highest BCUT2D eigenvalue weighted by atomic mass is 16.2. The molecular formula is C19H22N6O. The second kappa shape index (κ2) is 6.84. The third-order valence-electron chi connectivity index (χ3n) is 5.14. The Labute approximate surface area is 151 Å². The number of rotatable bonds is 3. The number of amides is 1. The van der Waals surface area contributed by atoms with Gasteiger partial charge in [0.15, 0.2) is 5.69 Å². The fourth-order valence-electron chi connectivity index (χ4n) is 3.48. The minimum Gasteiger partial charge on any atom is -0.346 e. The standard InChI is InChI=1S/C19H22N6O/c1-12-6-8-21-11-16(12)22-19(26)18-13(2)25(24-23-18)17-5-3-4-14-10-20-9-7-15(14)17/h3-5,7,9-10,12,16,21H,6,8,11H2,1-2H3,(H,22,26). The van der Waals surface area contributed by atoms with Gasteiger partial charge in [-0.3, -0.25) is 9.78 Å². The molecule has 1 aliphatic rings. The van der Waals surface area contributed by atoms with Gasteiger partial charge in [-0.25, -0.2) is 4.68 Å². The van der Waals surface area contributed by atoms with Crippen LogP contribution >= 0.6 is 0 Å². The van der Waals surface area contributed by atoms with Crippen molar-refractivity contribution in [3.8, 4) is 5.69 Å². The summed E-state index contributed by atoms with van der Waals surface area (Å²) in [7, 11) is 0. The molecule has 0 spiro atoms. The van der Waals surface area contributed by atoms with Crippen molar-refractivity contribution >= 4 is 16.7 Å². The third-order valence-corrected chi connectivity index (χ3v) is 5.14. The molecule has 1 aromatic carbocycles. The van der Waals surface area contributed by atoms with Gasteiger partial charge in [-0.2, -0.15) is 0 Å². The van der Waals surface area contributed by atoms with Gasteiger partial charge in [0, 0.05) is 35.8 Å². The van der Waals surface area contributed by atoms with E-state index in [-0.39, 0.29) is 11.9 Å². The SMILES string of the molecule is Cc1c(C(=O)NC2CNCCC2C)nnn1-c1cccc2cnccc12. The van der Waals surface area contributed by atoms with Crippen molar-refractivity contribution in [1.82, 2.24) is 30.6 Å². The Balaban J connectivity index is 1.65. The van der Waals surface area contributed by atoms with Crippen molar-refractivity contribution in [2.24, 2.45) is 5.92 Å². The molecule has 0 aliphatic carbocycles. The van der Waals surface area contributed by atoms with Crippen LogP contribution in [0.4, 0.5) is 0 Å². The number of benzene rings is 1. The minimum atomic E-state index is -0.170. The molecule has 2 atom stereocenters. The molecule has 2 N–H and O–H groups in total. The molecule has 7 nitrogen and oxygen atoms in total. The first-order valence-corrected chi connectivity index (χ1v) is 8.92. The van der Waals surface area contributed by atoms with Crippen LogP contribution in [0.5, 0.6) is 0 Å². The number of nitrogens with one attached hydrogen (secondary N) is 2. The van der Waals surface area contributed by atoms with E-state index in [0.29, 0.717) is 11.6 Å². The zero-order chi connectivity index (χ0) is 18.1. The van der Waals surface area contributed by atoms with Crippen LogP contribution in [0.2, 0.25) is 0 Å². The molecule has 3 heterocycles. The summed E-state index contributed by atoms with van der Waals surface area (Å²) in [6, 6.07) is 7.99. The number of carbonyl (C=O) groups excluding carboxylic acids is 1. The quantitative estimate of drug-likeness (QED) is 0.753. The summed E-state index contributed by atoms with van der Waals surface area (Å²) in [5, 5.41) is 16.9. The summed E-state index contributed by atoms with van der Waals surface area (Å²) in [5.74, 6) is 0.275. The molecule has 0 saturated carbocycles. The number of nitrogens with zero attached hydrogens (tertiary/aromatic N) is 4. The minimum absolute atomic E-state index is 0.115. The number of hydrogen-bond donors (Lipinski definition) is 2. The molecule has 26 heavy (non-hydrogen) atoms. The Kier molecular flexibility index (Phi) is 4.38. The molecule has 3 aromatic rings. The van der Waals surface area contributed by atoms with E-state index in [1.165, 1.54) is 0 Å². The highest BCUT2D eigenvalue weighted by Crippen LogP contribution is 2.22. The Morgan fingerprint density at radius 1 is 1.35 bits per heavy atom. The summed E-state index contributed by atoms with van der Waals surface area (Å²) in [6.07, 6.45) is 4.63. The predicted octanol–water partition coefficient (Wildman–Crippen LogP) is 1.85.